The van der Waals surface area contributed by atoms with Crippen LogP contribution in [0.3, 0.4) is 0 Å². The molecule has 1 aromatic rings. The highest BCUT2D eigenvalue weighted by molar-refractivity contribution is 5.87. The van der Waals surface area contributed by atoms with Gasteiger partial charge in [-0.25, -0.2) is 4.79 Å². The Bertz CT molecular complexity index is 396. The van der Waals surface area contributed by atoms with Crippen LogP contribution in [0.1, 0.15) is 35.6 Å². The van der Waals surface area contributed by atoms with Gasteiger partial charge in [-0.1, -0.05) is 13.8 Å². The van der Waals surface area contributed by atoms with Gasteiger partial charge in [-0.15, -0.1) is 0 Å². The number of nitrogens with one attached hydrogen (secondary N) is 1. The molecule has 2 N–H and O–H groups in total. The Morgan fingerprint density at radius 1 is 1.60 bits per heavy atom. The van der Waals surface area contributed by atoms with Gasteiger partial charge in [-0.2, -0.15) is 5.10 Å². The van der Waals surface area contributed by atoms with Gasteiger partial charge in [0.15, 0.2) is 5.69 Å². The zero-order valence-corrected chi connectivity index (χ0v) is 8.95. The van der Waals surface area contributed by atoms with Crippen molar-refractivity contribution in [2.45, 2.75) is 33.5 Å². The molecule has 0 saturated carbocycles. The van der Waals surface area contributed by atoms with Gasteiger partial charge >= 0.3 is 5.97 Å². The Balaban J connectivity index is 2.40. The minimum absolute atomic E-state index is 0.204. The summed E-state index contributed by atoms with van der Waals surface area (Å²) in [5, 5.41) is 16.3. The van der Waals surface area contributed by atoms with E-state index in [-0.39, 0.29) is 5.69 Å². The third kappa shape index (κ3) is 1.74. The van der Waals surface area contributed by atoms with Crippen LogP contribution in [-0.4, -0.2) is 20.9 Å². The van der Waals surface area contributed by atoms with Crippen molar-refractivity contribution in [2.24, 2.45) is 5.92 Å². The van der Waals surface area contributed by atoms with Crippen LogP contribution in [0.5, 0.6) is 0 Å². The maximum absolute atomic E-state index is 11.0. The molecule has 1 aliphatic rings. The summed E-state index contributed by atoms with van der Waals surface area (Å²) in [5.41, 5.74) is 2.08. The smallest absolute Gasteiger partial charge is 0.356 e. The lowest BCUT2D eigenvalue weighted by Crippen LogP contribution is -2.13. The molecule has 0 aliphatic carbocycles. The second-order valence-electron chi connectivity index (χ2n) is 4.26. The molecule has 0 amide bonds. The van der Waals surface area contributed by atoms with Gasteiger partial charge in [-0.05, 0) is 5.92 Å². The molecule has 5 nitrogen and oxygen atoms in total. The summed E-state index contributed by atoms with van der Waals surface area (Å²) in [5.74, 6) is -0.464. The van der Waals surface area contributed by atoms with Gasteiger partial charge in [0.1, 0.15) is 0 Å². The molecular weight excluding hydrogens is 194 g/mol. The molecule has 0 spiro atoms. The molecular formula is C10H15N3O2. The van der Waals surface area contributed by atoms with Crippen molar-refractivity contribution in [2.75, 3.05) is 0 Å². The molecule has 2 rings (SSSR count). The van der Waals surface area contributed by atoms with E-state index in [1.54, 1.807) is 0 Å². The van der Waals surface area contributed by atoms with Crippen molar-refractivity contribution in [1.29, 1.82) is 0 Å². The summed E-state index contributed by atoms with van der Waals surface area (Å²) < 4.78 is 1.82. The first kappa shape index (κ1) is 10.2. The largest absolute Gasteiger partial charge is 0.476 e. The molecule has 1 aliphatic heterocycles. The number of carboxylic acid groups (broad SMARTS) is 1. The predicted octanol–water partition coefficient (Wildman–Crippen LogP) is 0.840. The molecule has 0 unspecified atom stereocenters. The van der Waals surface area contributed by atoms with Crippen LogP contribution in [0, 0.1) is 5.92 Å². The van der Waals surface area contributed by atoms with E-state index in [2.05, 4.69) is 24.3 Å². The molecule has 0 saturated heterocycles. The normalized spacial score (nSPS) is 14.6. The fourth-order valence-corrected chi connectivity index (χ4v) is 1.89. The number of hydrogen-bond acceptors (Lipinski definition) is 3. The van der Waals surface area contributed by atoms with Crippen molar-refractivity contribution < 1.29 is 9.90 Å². The van der Waals surface area contributed by atoms with E-state index in [9.17, 15) is 4.79 Å². The minimum Gasteiger partial charge on any atom is -0.476 e. The number of nitrogens with zero attached hydrogens (tertiary/aromatic N) is 2. The predicted molar refractivity (Wildman–Crippen MR) is 54.6 cm³/mol. The number of aromatic nitrogens is 2. The van der Waals surface area contributed by atoms with Crippen LogP contribution in [0.15, 0.2) is 0 Å². The van der Waals surface area contributed by atoms with Gasteiger partial charge in [0, 0.05) is 25.2 Å². The molecule has 0 fully saturated rings. The maximum atomic E-state index is 11.0. The summed E-state index contributed by atoms with van der Waals surface area (Å²) in [4.78, 5) is 11.0. The molecule has 0 bridgehead atoms. The van der Waals surface area contributed by atoms with Gasteiger partial charge < -0.3 is 10.4 Å². The molecule has 1 aromatic heterocycles. The lowest BCUT2D eigenvalue weighted by atomic mass is 10.2. The van der Waals surface area contributed by atoms with E-state index in [0.29, 0.717) is 12.5 Å². The van der Waals surface area contributed by atoms with E-state index in [0.717, 1.165) is 24.3 Å². The molecule has 0 aromatic carbocycles. The van der Waals surface area contributed by atoms with Crippen LogP contribution in [0.4, 0.5) is 0 Å². The van der Waals surface area contributed by atoms with Crippen molar-refractivity contribution in [3.8, 4) is 0 Å². The van der Waals surface area contributed by atoms with Crippen LogP contribution in [-0.2, 0) is 19.6 Å². The fraction of sp³-hybridized carbons (Fsp3) is 0.600. The number of carbonyl (C=O) groups is 1. The molecule has 82 valence electrons. The Labute approximate surface area is 88.1 Å². The second-order valence-corrected chi connectivity index (χ2v) is 4.26. The van der Waals surface area contributed by atoms with Crippen molar-refractivity contribution >= 4 is 5.97 Å². The monoisotopic (exact) mass is 209 g/mol. The number of fused-ring (bicyclic) bond motifs is 1. The van der Waals surface area contributed by atoms with E-state index in [4.69, 9.17) is 5.11 Å². The average Bonchev–Trinajstić information content (AvgIpc) is 2.66. The number of hydrogen-bond donors (Lipinski definition) is 2. The van der Waals surface area contributed by atoms with Crippen LogP contribution in [0.2, 0.25) is 0 Å². The zero-order chi connectivity index (χ0) is 11.0. The quantitative estimate of drug-likeness (QED) is 0.774. The highest BCUT2D eigenvalue weighted by atomic mass is 16.4. The second kappa shape index (κ2) is 3.66. The summed E-state index contributed by atoms with van der Waals surface area (Å²) in [6, 6.07) is 0. The Hall–Kier alpha value is -1.36. The van der Waals surface area contributed by atoms with Gasteiger partial charge in [0.05, 0.1) is 5.69 Å². The fourth-order valence-electron chi connectivity index (χ4n) is 1.89. The van der Waals surface area contributed by atoms with Crippen molar-refractivity contribution in [3.05, 3.63) is 17.0 Å². The number of carboxylic acids is 1. The zero-order valence-electron chi connectivity index (χ0n) is 8.95. The number of aromatic carboxylic acids is 1. The SMILES string of the molecule is CC(C)Cn1nc(C(=O)O)c2c1CNC2. The average molecular weight is 209 g/mol. The molecule has 0 atom stereocenters. The Morgan fingerprint density at radius 3 is 2.93 bits per heavy atom. The summed E-state index contributed by atoms with van der Waals surface area (Å²) in [6.45, 7) is 6.31. The van der Waals surface area contributed by atoms with E-state index >= 15 is 0 Å². The third-order valence-corrected chi connectivity index (χ3v) is 2.50. The molecule has 5 heteroatoms. The highest BCUT2D eigenvalue weighted by Gasteiger charge is 2.25. The van der Waals surface area contributed by atoms with Crippen LogP contribution < -0.4 is 5.32 Å². The minimum atomic E-state index is -0.933. The topological polar surface area (TPSA) is 67.2 Å². The standard InChI is InChI=1S/C10H15N3O2/c1-6(2)5-13-8-4-11-3-7(8)9(12-13)10(14)15/h6,11H,3-5H2,1-2H3,(H,14,15). The first-order chi connectivity index (χ1) is 7.09. The van der Waals surface area contributed by atoms with Gasteiger partial charge in [0.25, 0.3) is 0 Å². The van der Waals surface area contributed by atoms with Crippen LogP contribution in [0.25, 0.3) is 0 Å². The van der Waals surface area contributed by atoms with Crippen LogP contribution >= 0.6 is 0 Å². The molecule has 0 radical (unpaired) electrons. The lowest BCUT2D eigenvalue weighted by molar-refractivity contribution is 0.0688. The van der Waals surface area contributed by atoms with Crippen molar-refractivity contribution in [3.63, 3.8) is 0 Å². The Morgan fingerprint density at radius 2 is 2.33 bits per heavy atom. The third-order valence-electron chi connectivity index (χ3n) is 2.50. The maximum Gasteiger partial charge on any atom is 0.356 e. The van der Waals surface area contributed by atoms with Gasteiger partial charge in [0.2, 0.25) is 0 Å². The first-order valence-corrected chi connectivity index (χ1v) is 5.12. The summed E-state index contributed by atoms with van der Waals surface area (Å²) >= 11 is 0. The summed E-state index contributed by atoms with van der Waals surface area (Å²) in [6.07, 6.45) is 0. The highest BCUT2D eigenvalue weighted by Crippen LogP contribution is 2.20. The lowest BCUT2D eigenvalue weighted by Gasteiger charge is -2.07. The Kier molecular flexibility index (Phi) is 2.48. The summed E-state index contributed by atoms with van der Waals surface area (Å²) in [7, 11) is 0. The van der Waals surface area contributed by atoms with E-state index in [1.165, 1.54) is 0 Å². The molecule has 2 heterocycles. The van der Waals surface area contributed by atoms with Gasteiger partial charge in [-0.3, -0.25) is 4.68 Å². The molecule has 15 heavy (non-hydrogen) atoms. The first-order valence-electron chi connectivity index (χ1n) is 5.12. The van der Waals surface area contributed by atoms with E-state index in [1.807, 2.05) is 4.68 Å². The van der Waals surface area contributed by atoms with E-state index < -0.39 is 5.97 Å². The number of rotatable bonds is 3. The van der Waals surface area contributed by atoms with Crippen molar-refractivity contribution in [1.82, 2.24) is 15.1 Å².